The molecule has 2 aliphatic rings. The molecule has 0 aliphatic carbocycles. The molecule has 4 rings (SSSR count). The van der Waals surface area contributed by atoms with Crippen LogP contribution < -0.4 is 15.4 Å². The standard InChI is InChI=1S/C25H24ClF4N3O3/c1-14(34)31-22-13-21(26)23(36-25(28,29)30)10-15(22)2-9-24(35)33-19-7-8-20(33)12-18(11-19)32-17-5-3-16(27)4-6-17/h2-6,9-10,13,18-20,32H,7-8,11-12H2,1H3,(H,31,34)/t18-,19+,20-. The minimum absolute atomic E-state index is 0.00278. The molecule has 2 fully saturated rings. The van der Waals surface area contributed by atoms with Gasteiger partial charge in [-0.25, -0.2) is 4.39 Å². The number of rotatable bonds is 6. The van der Waals surface area contributed by atoms with Gasteiger partial charge >= 0.3 is 6.36 Å². The van der Waals surface area contributed by atoms with E-state index in [4.69, 9.17) is 11.6 Å². The number of amides is 2. The Morgan fingerprint density at radius 3 is 2.33 bits per heavy atom. The second-order valence-electron chi connectivity index (χ2n) is 8.88. The fraction of sp³-hybridized carbons (Fsp3) is 0.360. The van der Waals surface area contributed by atoms with Gasteiger partial charge in [0.2, 0.25) is 11.8 Å². The molecular formula is C25H24ClF4N3O3. The predicted molar refractivity (Wildman–Crippen MR) is 128 cm³/mol. The van der Waals surface area contributed by atoms with Gasteiger partial charge < -0.3 is 20.3 Å². The lowest BCUT2D eigenvalue weighted by Crippen LogP contribution is -2.49. The number of carbonyl (C=O) groups is 2. The Morgan fingerprint density at radius 2 is 1.75 bits per heavy atom. The maximum atomic E-state index is 13.2. The summed E-state index contributed by atoms with van der Waals surface area (Å²) in [6.45, 7) is 1.24. The zero-order chi connectivity index (χ0) is 26.0. The van der Waals surface area contributed by atoms with Crippen LogP contribution in [0, 0.1) is 5.82 Å². The highest BCUT2D eigenvalue weighted by molar-refractivity contribution is 6.32. The molecule has 0 radical (unpaired) electrons. The highest BCUT2D eigenvalue weighted by Crippen LogP contribution is 2.38. The lowest BCUT2D eigenvalue weighted by Gasteiger charge is -2.39. The fourth-order valence-electron chi connectivity index (χ4n) is 4.89. The van der Waals surface area contributed by atoms with Crippen molar-refractivity contribution in [3.8, 4) is 5.75 Å². The molecule has 2 N–H and O–H groups in total. The average molecular weight is 526 g/mol. The molecule has 0 saturated carbocycles. The highest BCUT2D eigenvalue weighted by Gasteiger charge is 2.42. The predicted octanol–water partition coefficient (Wildman–Crippen LogP) is 5.98. The Morgan fingerprint density at radius 1 is 1.11 bits per heavy atom. The maximum absolute atomic E-state index is 13.2. The first-order valence-corrected chi connectivity index (χ1v) is 11.8. The van der Waals surface area contributed by atoms with E-state index in [1.807, 2.05) is 0 Å². The van der Waals surface area contributed by atoms with Gasteiger partial charge in [-0.05, 0) is 68.2 Å². The van der Waals surface area contributed by atoms with Gasteiger partial charge in [-0.2, -0.15) is 0 Å². The SMILES string of the molecule is CC(=O)Nc1cc(Cl)c(OC(F)(F)F)cc1C=CC(=O)N1[C@@H]2CC[C@H]1C[C@@H](Nc1ccc(F)cc1)C2. The van der Waals surface area contributed by atoms with E-state index < -0.39 is 18.0 Å². The summed E-state index contributed by atoms with van der Waals surface area (Å²) >= 11 is 5.90. The number of anilines is 2. The Bertz CT molecular complexity index is 1160. The Balaban J connectivity index is 1.49. The first-order chi connectivity index (χ1) is 17.0. The van der Waals surface area contributed by atoms with E-state index in [-0.39, 0.29) is 46.1 Å². The first-order valence-electron chi connectivity index (χ1n) is 11.4. The van der Waals surface area contributed by atoms with E-state index >= 15 is 0 Å². The average Bonchev–Trinajstić information content (AvgIpc) is 3.05. The van der Waals surface area contributed by atoms with Crippen molar-refractivity contribution < 1.29 is 31.9 Å². The molecule has 0 unspecified atom stereocenters. The highest BCUT2D eigenvalue weighted by atomic mass is 35.5. The van der Waals surface area contributed by atoms with Crippen molar-refractivity contribution >= 4 is 40.9 Å². The van der Waals surface area contributed by atoms with Crippen LogP contribution >= 0.6 is 11.6 Å². The van der Waals surface area contributed by atoms with Gasteiger partial charge in [-0.15, -0.1) is 13.2 Å². The van der Waals surface area contributed by atoms with Gasteiger partial charge in [0.05, 0.1) is 5.02 Å². The van der Waals surface area contributed by atoms with Crippen molar-refractivity contribution in [2.45, 2.75) is 57.1 Å². The maximum Gasteiger partial charge on any atom is 0.573 e. The third kappa shape index (κ3) is 6.29. The molecule has 2 aromatic carbocycles. The lowest BCUT2D eigenvalue weighted by atomic mass is 9.96. The quantitative estimate of drug-likeness (QED) is 0.359. The second-order valence-corrected chi connectivity index (χ2v) is 9.29. The molecule has 2 bridgehead atoms. The molecule has 36 heavy (non-hydrogen) atoms. The van der Waals surface area contributed by atoms with E-state index in [1.165, 1.54) is 31.2 Å². The van der Waals surface area contributed by atoms with Crippen LogP contribution in [0.1, 0.15) is 38.2 Å². The van der Waals surface area contributed by atoms with E-state index in [0.717, 1.165) is 43.5 Å². The summed E-state index contributed by atoms with van der Waals surface area (Å²) in [7, 11) is 0. The summed E-state index contributed by atoms with van der Waals surface area (Å²) in [5, 5.41) is 5.56. The van der Waals surface area contributed by atoms with Crippen LogP contribution in [-0.4, -0.2) is 41.2 Å². The van der Waals surface area contributed by atoms with Crippen molar-refractivity contribution in [1.29, 1.82) is 0 Å². The number of hydrogen-bond donors (Lipinski definition) is 2. The van der Waals surface area contributed by atoms with Crippen molar-refractivity contribution in [1.82, 2.24) is 4.90 Å². The van der Waals surface area contributed by atoms with Crippen molar-refractivity contribution in [3.05, 3.63) is 58.9 Å². The number of fused-ring (bicyclic) bond motifs is 2. The molecule has 6 nitrogen and oxygen atoms in total. The molecule has 0 aromatic heterocycles. The zero-order valence-corrected chi connectivity index (χ0v) is 20.0. The third-order valence-corrected chi connectivity index (χ3v) is 6.54. The van der Waals surface area contributed by atoms with Gasteiger partial charge in [0.15, 0.2) is 0 Å². The summed E-state index contributed by atoms with van der Waals surface area (Å²) < 4.78 is 55.4. The van der Waals surface area contributed by atoms with Crippen LogP contribution in [0.2, 0.25) is 5.02 Å². The minimum atomic E-state index is -4.96. The van der Waals surface area contributed by atoms with Crippen LogP contribution in [0.15, 0.2) is 42.5 Å². The number of carbonyl (C=O) groups excluding carboxylic acids is 2. The fourth-order valence-corrected chi connectivity index (χ4v) is 5.09. The molecule has 2 saturated heterocycles. The summed E-state index contributed by atoms with van der Waals surface area (Å²) in [5.74, 6) is -1.68. The minimum Gasteiger partial charge on any atom is -0.404 e. The van der Waals surface area contributed by atoms with Crippen molar-refractivity contribution in [2.75, 3.05) is 10.6 Å². The van der Waals surface area contributed by atoms with E-state index in [9.17, 15) is 27.2 Å². The van der Waals surface area contributed by atoms with Crippen molar-refractivity contribution in [3.63, 3.8) is 0 Å². The molecule has 0 spiro atoms. The number of nitrogens with zero attached hydrogens (tertiary/aromatic N) is 1. The number of alkyl halides is 3. The number of hydrogen-bond acceptors (Lipinski definition) is 4. The Kier molecular flexibility index (Phi) is 7.44. The summed E-state index contributed by atoms with van der Waals surface area (Å²) in [6, 6.07) is 8.43. The number of piperidine rings is 1. The van der Waals surface area contributed by atoms with Gasteiger partial charge in [-0.1, -0.05) is 11.6 Å². The molecule has 2 amide bonds. The molecule has 11 heteroatoms. The molecule has 192 valence electrons. The Labute approximate surface area is 210 Å². The lowest BCUT2D eigenvalue weighted by molar-refractivity contribution is -0.274. The van der Waals surface area contributed by atoms with Crippen LogP contribution in [0.25, 0.3) is 6.08 Å². The van der Waals surface area contributed by atoms with E-state index in [0.29, 0.717) is 0 Å². The second kappa shape index (κ2) is 10.4. The smallest absolute Gasteiger partial charge is 0.404 e. The molecule has 2 heterocycles. The molecular weight excluding hydrogens is 502 g/mol. The van der Waals surface area contributed by atoms with Gasteiger partial charge in [0.25, 0.3) is 0 Å². The van der Waals surface area contributed by atoms with Crippen LogP contribution in [0.4, 0.5) is 28.9 Å². The molecule has 3 atom stereocenters. The van der Waals surface area contributed by atoms with Crippen LogP contribution in [0.3, 0.4) is 0 Å². The third-order valence-electron chi connectivity index (χ3n) is 6.25. The van der Waals surface area contributed by atoms with E-state index in [1.54, 1.807) is 17.0 Å². The number of benzene rings is 2. The topological polar surface area (TPSA) is 70.7 Å². The summed E-state index contributed by atoms with van der Waals surface area (Å²) in [6.07, 6.45) is 0.785. The van der Waals surface area contributed by atoms with Gasteiger partial charge in [0.1, 0.15) is 11.6 Å². The number of ether oxygens (including phenoxy) is 1. The largest absolute Gasteiger partial charge is 0.573 e. The summed E-state index contributed by atoms with van der Waals surface area (Å²) in [5.41, 5.74) is 1.10. The Hall–Kier alpha value is -3.27. The molecule has 2 aromatic rings. The van der Waals surface area contributed by atoms with Gasteiger partial charge in [0, 0.05) is 48.1 Å². The zero-order valence-electron chi connectivity index (χ0n) is 19.2. The number of nitrogens with one attached hydrogen (secondary N) is 2. The number of halogens is 5. The normalized spacial score (nSPS) is 21.5. The monoisotopic (exact) mass is 525 g/mol. The van der Waals surface area contributed by atoms with E-state index in [2.05, 4.69) is 15.4 Å². The van der Waals surface area contributed by atoms with Gasteiger partial charge in [-0.3, -0.25) is 9.59 Å². The van der Waals surface area contributed by atoms with Crippen LogP contribution in [0.5, 0.6) is 5.75 Å². The first kappa shape index (κ1) is 25.8. The van der Waals surface area contributed by atoms with Crippen LogP contribution in [-0.2, 0) is 9.59 Å². The summed E-state index contributed by atoms with van der Waals surface area (Å²) in [4.78, 5) is 26.5. The van der Waals surface area contributed by atoms with Crippen molar-refractivity contribution in [2.24, 2.45) is 0 Å². The molecule has 2 aliphatic heterocycles.